The summed E-state index contributed by atoms with van der Waals surface area (Å²) in [6.07, 6.45) is -2.90. The van der Waals surface area contributed by atoms with Crippen molar-refractivity contribution >= 4 is 11.7 Å². The van der Waals surface area contributed by atoms with E-state index in [1.807, 2.05) is 6.07 Å². The Bertz CT molecular complexity index is 829. The maximum absolute atomic E-state index is 12.4. The molecule has 0 saturated carbocycles. The molecule has 2 aliphatic heterocycles. The summed E-state index contributed by atoms with van der Waals surface area (Å²) < 4.78 is 37.3. The Labute approximate surface area is 162 Å². The van der Waals surface area contributed by atoms with Gasteiger partial charge in [0.15, 0.2) is 0 Å². The molecule has 0 unspecified atom stereocenters. The van der Waals surface area contributed by atoms with Gasteiger partial charge in [-0.25, -0.2) is 0 Å². The van der Waals surface area contributed by atoms with E-state index in [0.717, 1.165) is 43.8 Å². The van der Waals surface area contributed by atoms with Gasteiger partial charge in [0.2, 0.25) is 0 Å². The first kappa shape index (κ1) is 19.9. The fraction of sp³-hybridized carbons (Fsp3) is 0.333. The predicted octanol–water partition coefficient (Wildman–Crippen LogP) is 3.48. The summed E-state index contributed by atoms with van der Waals surface area (Å²) in [4.78, 5) is 8.48. The minimum atomic E-state index is -4.28. The molecular weight excluding hydrogens is 365 g/mol. The highest BCUT2D eigenvalue weighted by Crippen LogP contribution is 2.29. The Balaban J connectivity index is 0.000000167. The highest BCUT2D eigenvalue weighted by Gasteiger charge is 2.30. The molecule has 148 valence electrons. The largest absolute Gasteiger partial charge is 0.416 e. The number of nitrogens with one attached hydrogen (secondary N) is 2. The van der Waals surface area contributed by atoms with Crippen molar-refractivity contribution in [3.63, 3.8) is 0 Å². The van der Waals surface area contributed by atoms with Gasteiger partial charge in [-0.3, -0.25) is 9.98 Å². The number of hydrogen-bond donors (Lipinski definition) is 2. The summed E-state index contributed by atoms with van der Waals surface area (Å²) in [7, 11) is 0. The van der Waals surface area contributed by atoms with E-state index in [0.29, 0.717) is 18.5 Å². The van der Waals surface area contributed by atoms with Crippen molar-refractivity contribution in [2.24, 2.45) is 9.98 Å². The number of benzene rings is 2. The second-order valence-electron chi connectivity index (χ2n) is 6.55. The monoisotopic (exact) mass is 388 g/mol. The first-order valence-electron chi connectivity index (χ1n) is 9.25. The summed E-state index contributed by atoms with van der Waals surface area (Å²) in [5.41, 5.74) is 1.34. The van der Waals surface area contributed by atoms with Crippen molar-refractivity contribution in [1.82, 2.24) is 10.6 Å². The lowest BCUT2D eigenvalue weighted by molar-refractivity contribution is -0.137. The van der Waals surface area contributed by atoms with Gasteiger partial charge in [0.05, 0.1) is 18.7 Å². The predicted molar refractivity (Wildman–Crippen MR) is 106 cm³/mol. The zero-order chi connectivity index (χ0) is 19.8. The number of halogens is 3. The van der Waals surface area contributed by atoms with E-state index < -0.39 is 11.7 Å². The van der Waals surface area contributed by atoms with Crippen molar-refractivity contribution in [3.05, 3.63) is 71.3 Å². The van der Waals surface area contributed by atoms with E-state index in [1.165, 1.54) is 17.7 Å². The molecule has 0 aliphatic carbocycles. The Hall–Kier alpha value is -2.83. The molecule has 7 heteroatoms. The highest BCUT2D eigenvalue weighted by atomic mass is 19.4. The Morgan fingerprint density at radius 2 is 1.32 bits per heavy atom. The van der Waals surface area contributed by atoms with Crippen molar-refractivity contribution in [2.45, 2.75) is 19.0 Å². The molecule has 0 fully saturated rings. The topological polar surface area (TPSA) is 48.8 Å². The van der Waals surface area contributed by atoms with E-state index >= 15 is 0 Å². The number of rotatable bonds is 4. The zero-order valence-corrected chi connectivity index (χ0v) is 15.5. The summed E-state index contributed by atoms with van der Waals surface area (Å²) in [5.74, 6) is 1.89. The van der Waals surface area contributed by atoms with E-state index in [9.17, 15) is 13.2 Å². The Morgan fingerprint density at radius 1 is 0.750 bits per heavy atom. The van der Waals surface area contributed by atoms with Gasteiger partial charge in [-0.1, -0.05) is 48.5 Å². The third-order valence-electron chi connectivity index (χ3n) is 4.33. The molecule has 4 rings (SSSR count). The average Bonchev–Trinajstić information content (AvgIpc) is 3.37. The van der Waals surface area contributed by atoms with Crippen molar-refractivity contribution in [2.75, 3.05) is 26.2 Å². The molecule has 2 heterocycles. The number of hydrogen-bond acceptors (Lipinski definition) is 4. The van der Waals surface area contributed by atoms with E-state index in [4.69, 9.17) is 0 Å². The summed E-state index contributed by atoms with van der Waals surface area (Å²) in [6.45, 7) is 3.41. The van der Waals surface area contributed by atoms with E-state index in [1.54, 1.807) is 6.07 Å². The van der Waals surface area contributed by atoms with Crippen LogP contribution < -0.4 is 10.6 Å². The zero-order valence-electron chi connectivity index (χ0n) is 15.5. The molecule has 28 heavy (non-hydrogen) atoms. The molecule has 0 spiro atoms. The molecule has 2 aromatic carbocycles. The SMILES string of the molecule is FC(F)(F)c1cccc(CC2=NCCN2)c1.c1ccc(CC2=NCCN2)cc1. The lowest BCUT2D eigenvalue weighted by Gasteiger charge is -2.08. The van der Waals surface area contributed by atoms with Gasteiger partial charge in [0.25, 0.3) is 0 Å². The van der Waals surface area contributed by atoms with Crippen LogP contribution in [-0.2, 0) is 19.0 Å². The Kier molecular flexibility index (Phi) is 6.68. The average molecular weight is 388 g/mol. The first-order chi connectivity index (χ1) is 13.5. The highest BCUT2D eigenvalue weighted by molar-refractivity contribution is 5.86. The summed E-state index contributed by atoms with van der Waals surface area (Å²) in [6, 6.07) is 15.8. The minimum Gasteiger partial charge on any atom is -0.372 e. The van der Waals surface area contributed by atoms with Crippen LogP contribution in [0.15, 0.2) is 64.6 Å². The van der Waals surface area contributed by atoms with Crippen LogP contribution in [0.1, 0.15) is 16.7 Å². The van der Waals surface area contributed by atoms with Crippen LogP contribution in [0.3, 0.4) is 0 Å². The van der Waals surface area contributed by atoms with Gasteiger partial charge < -0.3 is 10.6 Å². The molecule has 0 atom stereocenters. The lowest BCUT2D eigenvalue weighted by atomic mass is 10.1. The molecular formula is C21H23F3N4. The number of aliphatic imine (C=N–C) groups is 2. The molecule has 0 amide bonds. The Morgan fingerprint density at radius 3 is 1.86 bits per heavy atom. The molecule has 2 N–H and O–H groups in total. The standard InChI is InChI=1S/C11H11F3N2.C10H12N2/c12-11(13,14)9-3-1-2-8(6-9)7-10-15-4-5-16-10;1-2-4-9(5-3-1)8-10-11-6-7-12-10/h1-3,6H,4-5,7H2,(H,15,16);1-5H,6-8H2,(H,11,12). The van der Waals surface area contributed by atoms with Crippen molar-refractivity contribution in [1.29, 1.82) is 0 Å². The molecule has 0 saturated heterocycles. The summed E-state index contributed by atoms with van der Waals surface area (Å²) >= 11 is 0. The quantitative estimate of drug-likeness (QED) is 0.843. The molecule has 2 aliphatic rings. The van der Waals surface area contributed by atoms with Gasteiger partial charge in [0.1, 0.15) is 11.7 Å². The molecule has 4 nitrogen and oxygen atoms in total. The summed E-state index contributed by atoms with van der Waals surface area (Å²) in [5, 5.41) is 6.29. The fourth-order valence-corrected chi connectivity index (χ4v) is 2.97. The normalized spacial score (nSPS) is 15.7. The van der Waals surface area contributed by atoms with Crippen LogP contribution in [0.2, 0.25) is 0 Å². The van der Waals surface area contributed by atoms with Crippen LogP contribution in [-0.4, -0.2) is 37.9 Å². The number of nitrogens with zero attached hydrogens (tertiary/aromatic N) is 2. The maximum Gasteiger partial charge on any atom is 0.416 e. The first-order valence-corrected chi connectivity index (χ1v) is 9.25. The third-order valence-corrected chi connectivity index (χ3v) is 4.33. The molecule has 0 aromatic heterocycles. The second-order valence-corrected chi connectivity index (χ2v) is 6.55. The smallest absolute Gasteiger partial charge is 0.372 e. The number of amidine groups is 2. The molecule has 0 bridgehead atoms. The maximum atomic E-state index is 12.4. The molecule has 0 radical (unpaired) electrons. The fourth-order valence-electron chi connectivity index (χ4n) is 2.97. The van der Waals surface area contributed by atoms with Gasteiger partial charge >= 0.3 is 6.18 Å². The minimum absolute atomic E-state index is 0.434. The van der Waals surface area contributed by atoms with Crippen molar-refractivity contribution in [3.8, 4) is 0 Å². The van der Waals surface area contributed by atoms with Gasteiger partial charge in [-0.05, 0) is 17.2 Å². The van der Waals surface area contributed by atoms with Gasteiger partial charge in [0, 0.05) is 25.9 Å². The molecule has 2 aromatic rings. The van der Waals surface area contributed by atoms with Crippen molar-refractivity contribution < 1.29 is 13.2 Å². The van der Waals surface area contributed by atoms with E-state index in [-0.39, 0.29) is 0 Å². The van der Waals surface area contributed by atoms with Crippen LogP contribution in [0.5, 0.6) is 0 Å². The third kappa shape index (κ3) is 6.11. The number of alkyl halides is 3. The van der Waals surface area contributed by atoms with E-state index in [2.05, 4.69) is 44.9 Å². The van der Waals surface area contributed by atoms with Gasteiger partial charge in [-0.15, -0.1) is 0 Å². The van der Waals surface area contributed by atoms with Crippen LogP contribution in [0, 0.1) is 0 Å². The van der Waals surface area contributed by atoms with Crippen LogP contribution >= 0.6 is 0 Å². The second kappa shape index (κ2) is 9.39. The van der Waals surface area contributed by atoms with Crippen LogP contribution in [0.25, 0.3) is 0 Å². The van der Waals surface area contributed by atoms with Crippen LogP contribution in [0.4, 0.5) is 13.2 Å². The lowest BCUT2D eigenvalue weighted by Crippen LogP contribution is -2.20. The van der Waals surface area contributed by atoms with Gasteiger partial charge in [-0.2, -0.15) is 13.2 Å².